The number of halogens is 1. The molecular formula is C16H20BrNO. The van der Waals surface area contributed by atoms with Crippen molar-refractivity contribution in [3.05, 3.63) is 27.7 Å². The highest BCUT2D eigenvalue weighted by molar-refractivity contribution is 9.10. The predicted octanol–water partition coefficient (Wildman–Crippen LogP) is 3.30. The fraction of sp³-hybridized carbons (Fsp3) is 0.625. The fourth-order valence-electron chi connectivity index (χ4n) is 4.03. The van der Waals surface area contributed by atoms with E-state index in [1.807, 2.05) is 0 Å². The maximum atomic E-state index is 6.47. The van der Waals surface area contributed by atoms with Crippen LogP contribution in [0.5, 0.6) is 5.75 Å². The Labute approximate surface area is 122 Å². The van der Waals surface area contributed by atoms with E-state index in [0.717, 1.165) is 47.4 Å². The molecule has 2 nitrogen and oxygen atoms in total. The third kappa shape index (κ3) is 2.21. The second-order valence-corrected chi connectivity index (χ2v) is 7.42. The first-order valence-electron chi connectivity index (χ1n) is 7.40. The van der Waals surface area contributed by atoms with Crippen LogP contribution in [0.3, 0.4) is 0 Å². The zero-order valence-corrected chi connectivity index (χ0v) is 12.7. The molecular weight excluding hydrogens is 302 g/mol. The second kappa shape index (κ2) is 4.49. The van der Waals surface area contributed by atoms with Gasteiger partial charge in [-0.05, 0) is 66.7 Å². The molecule has 1 aromatic carbocycles. The minimum absolute atomic E-state index is 0.301. The van der Waals surface area contributed by atoms with Gasteiger partial charge in [-0.25, -0.2) is 0 Å². The van der Waals surface area contributed by atoms with Gasteiger partial charge in [-0.15, -0.1) is 0 Å². The van der Waals surface area contributed by atoms with Crippen molar-refractivity contribution in [2.45, 2.75) is 38.1 Å². The molecule has 3 heteroatoms. The smallest absolute Gasteiger partial charge is 0.125 e. The average molecular weight is 322 g/mol. The number of nitrogens with two attached hydrogens (primary N) is 1. The predicted molar refractivity (Wildman–Crippen MR) is 79.3 cm³/mol. The van der Waals surface area contributed by atoms with E-state index in [0.29, 0.717) is 6.04 Å². The first kappa shape index (κ1) is 12.2. The van der Waals surface area contributed by atoms with E-state index >= 15 is 0 Å². The van der Waals surface area contributed by atoms with Crippen LogP contribution in [0.1, 0.15) is 30.4 Å². The van der Waals surface area contributed by atoms with Crippen molar-refractivity contribution >= 4 is 15.9 Å². The Kier molecular flexibility index (Phi) is 2.89. The third-order valence-corrected chi connectivity index (χ3v) is 5.62. The Bertz CT molecular complexity index is 506. The van der Waals surface area contributed by atoms with Crippen molar-refractivity contribution in [2.75, 3.05) is 6.61 Å². The molecule has 3 unspecified atom stereocenters. The topological polar surface area (TPSA) is 35.2 Å². The quantitative estimate of drug-likeness (QED) is 0.927. The van der Waals surface area contributed by atoms with Crippen molar-refractivity contribution in [3.63, 3.8) is 0 Å². The molecule has 0 radical (unpaired) electrons. The lowest BCUT2D eigenvalue weighted by atomic mass is 9.89. The first-order chi connectivity index (χ1) is 9.20. The van der Waals surface area contributed by atoms with Gasteiger partial charge in [0.2, 0.25) is 0 Å². The number of benzene rings is 1. The van der Waals surface area contributed by atoms with Gasteiger partial charge in [-0.2, -0.15) is 0 Å². The zero-order valence-electron chi connectivity index (χ0n) is 11.1. The largest absolute Gasteiger partial charge is 0.493 e. The lowest BCUT2D eigenvalue weighted by molar-refractivity contribution is 0.346. The Morgan fingerprint density at radius 2 is 2.05 bits per heavy atom. The molecule has 3 atom stereocenters. The van der Waals surface area contributed by atoms with Gasteiger partial charge in [0.15, 0.2) is 0 Å². The van der Waals surface area contributed by atoms with Gasteiger partial charge in [0.25, 0.3) is 0 Å². The zero-order chi connectivity index (χ0) is 13.0. The number of rotatable bonds is 3. The Morgan fingerprint density at radius 3 is 2.84 bits per heavy atom. The summed E-state index contributed by atoms with van der Waals surface area (Å²) in [5, 5.41) is 0. The SMILES string of the molecule is NC(Cc1cc(Br)cc2c1OCC2)C1CC2CC2C1. The maximum absolute atomic E-state index is 6.47. The van der Waals surface area contributed by atoms with E-state index in [4.69, 9.17) is 10.5 Å². The summed E-state index contributed by atoms with van der Waals surface area (Å²) in [6, 6.07) is 4.68. The van der Waals surface area contributed by atoms with Gasteiger partial charge in [0, 0.05) is 16.9 Å². The first-order valence-corrected chi connectivity index (χ1v) is 8.19. The van der Waals surface area contributed by atoms with Gasteiger partial charge < -0.3 is 10.5 Å². The summed E-state index contributed by atoms with van der Waals surface area (Å²) in [6.45, 7) is 0.821. The van der Waals surface area contributed by atoms with Gasteiger partial charge in [-0.1, -0.05) is 15.9 Å². The van der Waals surface area contributed by atoms with Crippen LogP contribution in [-0.2, 0) is 12.8 Å². The van der Waals surface area contributed by atoms with E-state index in [1.165, 1.54) is 30.4 Å². The van der Waals surface area contributed by atoms with Crippen LogP contribution < -0.4 is 10.5 Å². The van der Waals surface area contributed by atoms with Crippen LogP contribution in [0.2, 0.25) is 0 Å². The van der Waals surface area contributed by atoms with Crippen molar-refractivity contribution in [2.24, 2.45) is 23.5 Å². The Morgan fingerprint density at radius 1 is 1.26 bits per heavy atom. The molecule has 0 bridgehead atoms. The van der Waals surface area contributed by atoms with Gasteiger partial charge in [0.05, 0.1) is 6.61 Å². The third-order valence-electron chi connectivity index (χ3n) is 5.17. The summed E-state index contributed by atoms with van der Waals surface area (Å²) in [6.07, 6.45) is 6.20. The van der Waals surface area contributed by atoms with Crippen LogP contribution in [-0.4, -0.2) is 12.6 Å². The highest BCUT2D eigenvalue weighted by Crippen LogP contribution is 2.55. The number of hydrogen-bond acceptors (Lipinski definition) is 2. The number of hydrogen-bond donors (Lipinski definition) is 1. The van der Waals surface area contributed by atoms with Crippen molar-refractivity contribution in [3.8, 4) is 5.75 Å². The van der Waals surface area contributed by atoms with Crippen LogP contribution >= 0.6 is 15.9 Å². The summed E-state index contributed by atoms with van der Waals surface area (Å²) < 4.78 is 6.96. The van der Waals surface area contributed by atoms with Crippen LogP contribution in [0.4, 0.5) is 0 Å². The molecule has 0 saturated heterocycles. The molecule has 1 heterocycles. The summed E-state index contributed by atoms with van der Waals surface area (Å²) in [5.74, 6) is 3.88. The minimum Gasteiger partial charge on any atom is -0.493 e. The summed E-state index contributed by atoms with van der Waals surface area (Å²) in [5.41, 5.74) is 9.11. The fourth-order valence-corrected chi connectivity index (χ4v) is 4.58. The van der Waals surface area contributed by atoms with Crippen molar-refractivity contribution in [1.29, 1.82) is 0 Å². The molecule has 1 aromatic rings. The van der Waals surface area contributed by atoms with Crippen LogP contribution in [0.15, 0.2) is 16.6 Å². The summed E-state index contributed by atoms with van der Waals surface area (Å²) in [7, 11) is 0. The molecule has 2 fully saturated rings. The molecule has 0 amide bonds. The van der Waals surface area contributed by atoms with E-state index in [2.05, 4.69) is 28.1 Å². The molecule has 2 aliphatic carbocycles. The standard InChI is InChI=1S/C16H20BrNO/c17-14-6-9-1-2-19-16(9)13(7-14)8-15(18)12-4-10-3-11(10)5-12/h6-7,10-12,15H,1-5,8,18H2. The molecule has 19 heavy (non-hydrogen) atoms. The van der Waals surface area contributed by atoms with Crippen LogP contribution in [0.25, 0.3) is 0 Å². The highest BCUT2D eigenvalue weighted by atomic mass is 79.9. The minimum atomic E-state index is 0.301. The molecule has 0 aromatic heterocycles. The normalized spacial score (nSPS) is 32.6. The lowest BCUT2D eigenvalue weighted by Crippen LogP contribution is -2.31. The number of ether oxygens (including phenoxy) is 1. The Balaban J connectivity index is 1.53. The second-order valence-electron chi connectivity index (χ2n) is 6.51. The Hall–Kier alpha value is -0.540. The van der Waals surface area contributed by atoms with Gasteiger partial charge in [-0.3, -0.25) is 0 Å². The monoisotopic (exact) mass is 321 g/mol. The van der Waals surface area contributed by atoms with Crippen LogP contribution in [0, 0.1) is 17.8 Å². The summed E-state index contributed by atoms with van der Waals surface area (Å²) >= 11 is 3.61. The molecule has 2 saturated carbocycles. The summed E-state index contributed by atoms with van der Waals surface area (Å²) in [4.78, 5) is 0. The van der Waals surface area contributed by atoms with Gasteiger partial charge >= 0.3 is 0 Å². The molecule has 3 aliphatic rings. The molecule has 0 spiro atoms. The lowest BCUT2D eigenvalue weighted by Gasteiger charge is -2.21. The molecule has 4 rings (SSSR count). The van der Waals surface area contributed by atoms with Crippen molar-refractivity contribution < 1.29 is 4.74 Å². The van der Waals surface area contributed by atoms with Gasteiger partial charge in [0.1, 0.15) is 5.75 Å². The van der Waals surface area contributed by atoms with E-state index in [-0.39, 0.29) is 0 Å². The van der Waals surface area contributed by atoms with E-state index in [9.17, 15) is 0 Å². The number of fused-ring (bicyclic) bond motifs is 2. The average Bonchev–Trinajstić information content (AvgIpc) is 2.80. The maximum Gasteiger partial charge on any atom is 0.125 e. The molecule has 2 N–H and O–H groups in total. The molecule has 1 aliphatic heterocycles. The molecule has 102 valence electrons. The highest BCUT2D eigenvalue weighted by Gasteiger charge is 2.47. The van der Waals surface area contributed by atoms with Crippen molar-refractivity contribution in [1.82, 2.24) is 0 Å². The van der Waals surface area contributed by atoms with E-state index in [1.54, 1.807) is 0 Å². The van der Waals surface area contributed by atoms with E-state index < -0.39 is 0 Å².